The Morgan fingerprint density at radius 3 is 2.54 bits per heavy atom. The summed E-state index contributed by atoms with van der Waals surface area (Å²) in [6.45, 7) is 4.50. The summed E-state index contributed by atoms with van der Waals surface area (Å²) in [5.41, 5.74) is 3.36. The van der Waals surface area contributed by atoms with Crippen LogP contribution >= 0.6 is 11.8 Å². The summed E-state index contributed by atoms with van der Waals surface area (Å²) >= 11 is 1.45. The van der Waals surface area contributed by atoms with Crippen LogP contribution in [0.2, 0.25) is 0 Å². The van der Waals surface area contributed by atoms with Crippen LogP contribution in [0.4, 0.5) is 0 Å². The van der Waals surface area contributed by atoms with Gasteiger partial charge in [-0.3, -0.25) is 9.36 Å². The molecule has 1 fully saturated rings. The van der Waals surface area contributed by atoms with Gasteiger partial charge in [-0.25, -0.2) is 0 Å². The molecule has 0 saturated heterocycles. The van der Waals surface area contributed by atoms with E-state index in [1.165, 1.54) is 17.3 Å². The van der Waals surface area contributed by atoms with Crippen LogP contribution < -0.4 is 5.32 Å². The molecule has 144 valence electrons. The molecule has 1 aliphatic rings. The lowest BCUT2D eigenvalue weighted by Crippen LogP contribution is -2.30. The third-order valence-electron chi connectivity index (χ3n) is 4.85. The van der Waals surface area contributed by atoms with Gasteiger partial charge in [-0.1, -0.05) is 59.8 Å². The van der Waals surface area contributed by atoms with E-state index >= 15 is 0 Å². The van der Waals surface area contributed by atoms with Gasteiger partial charge in [-0.2, -0.15) is 0 Å². The monoisotopic (exact) mass is 392 g/mol. The molecule has 1 heterocycles. The SMILES string of the molecule is Cc1ccc(CNC(=O)[C@@H](C)Sc2nnc(C3CC3)n2-c2ccccc2)cc1. The second kappa shape index (κ2) is 8.19. The smallest absolute Gasteiger partial charge is 0.233 e. The van der Waals surface area contributed by atoms with E-state index < -0.39 is 0 Å². The third kappa shape index (κ3) is 4.28. The van der Waals surface area contributed by atoms with Crippen molar-refractivity contribution in [2.24, 2.45) is 0 Å². The van der Waals surface area contributed by atoms with E-state index in [1.807, 2.05) is 37.3 Å². The number of rotatable bonds is 7. The molecule has 4 rings (SSSR count). The summed E-state index contributed by atoms with van der Waals surface area (Å²) in [6, 6.07) is 18.3. The van der Waals surface area contributed by atoms with Crippen molar-refractivity contribution in [3.05, 3.63) is 71.5 Å². The maximum absolute atomic E-state index is 12.6. The summed E-state index contributed by atoms with van der Waals surface area (Å²) in [5.74, 6) is 1.48. The molecular weight excluding hydrogens is 368 g/mol. The number of carbonyl (C=O) groups excluding carboxylic acids is 1. The average molecular weight is 393 g/mol. The molecule has 1 aromatic heterocycles. The highest BCUT2D eigenvalue weighted by Gasteiger charge is 2.31. The molecule has 2 aromatic carbocycles. The first-order valence-corrected chi connectivity index (χ1v) is 10.5. The first-order valence-electron chi connectivity index (χ1n) is 9.62. The quantitative estimate of drug-likeness (QED) is 0.611. The maximum Gasteiger partial charge on any atom is 0.233 e. The number of benzene rings is 2. The summed E-state index contributed by atoms with van der Waals surface area (Å²) in [7, 11) is 0. The molecular formula is C22H24N4OS. The number of thioether (sulfide) groups is 1. The molecule has 0 bridgehead atoms. The van der Waals surface area contributed by atoms with Gasteiger partial charge >= 0.3 is 0 Å². The lowest BCUT2D eigenvalue weighted by atomic mass is 10.1. The van der Waals surface area contributed by atoms with Gasteiger partial charge < -0.3 is 5.32 Å². The lowest BCUT2D eigenvalue weighted by molar-refractivity contribution is -0.120. The fourth-order valence-electron chi connectivity index (χ4n) is 3.03. The van der Waals surface area contributed by atoms with E-state index in [0.29, 0.717) is 12.5 Å². The van der Waals surface area contributed by atoms with Crippen LogP contribution in [0.3, 0.4) is 0 Å². The van der Waals surface area contributed by atoms with Crippen molar-refractivity contribution in [1.29, 1.82) is 0 Å². The number of nitrogens with one attached hydrogen (secondary N) is 1. The Hall–Kier alpha value is -2.60. The fraction of sp³-hybridized carbons (Fsp3) is 0.318. The van der Waals surface area contributed by atoms with Gasteiger partial charge in [0.2, 0.25) is 5.91 Å². The van der Waals surface area contributed by atoms with E-state index in [4.69, 9.17) is 0 Å². The van der Waals surface area contributed by atoms with Crippen LogP contribution in [0.15, 0.2) is 59.8 Å². The molecule has 6 heteroatoms. The van der Waals surface area contributed by atoms with Crippen molar-refractivity contribution in [2.75, 3.05) is 0 Å². The largest absolute Gasteiger partial charge is 0.351 e. The van der Waals surface area contributed by atoms with Crippen LogP contribution in [0, 0.1) is 6.92 Å². The van der Waals surface area contributed by atoms with Gasteiger partial charge in [0, 0.05) is 18.2 Å². The number of hydrogen-bond donors (Lipinski definition) is 1. The molecule has 1 saturated carbocycles. The van der Waals surface area contributed by atoms with Crippen molar-refractivity contribution in [1.82, 2.24) is 20.1 Å². The summed E-state index contributed by atoms with van der Waals surface area (Å²) in [5, 5.41) is 12.4. The number of aromatic nitrogens is 3. The van der Waals surface area contributed by atoms with E-state index in [-0.39, 0.29) is 11.2 Å². The minimum Gasteiger partial charge on any atom is -0.351 e. The van der Waals surface area contributed by atoms with Gasteiger partial charge in [-0.15, -0.1) is 10.2 Å². The maximum atomic E-state index is 12.6. The Bertz CT molecular complexity index is 948. The van der Waals surface area contributed by atoms with E-state index in [9.17, 15) is 4.79 Å². The zero-order valence-electron chi connectivity index (χ0n) is 16.1. The first kappa shape index (κ1) is 18.7. The molecule has 1 aliphatic carbocycles. The van der Waals surface area contributed by atoms with Crippen LogP contribution in [-0.4, -0.2) is 25.9 Å². The van der Waals surface area contributed by atoms with Crippen molar-refractivity contribution >= 4 is 17.7 Å². The number of aryl methyl sites for hydroxylation is 1. The zero-order chi connectivity index (χ0) is 19.5. The molecule has 1 atom stereocenters. The number of amides is 1. The third-order valence-corrected chi connectivity index (χ3v) is 5.90. The number of para-hydroxylation sites is 1. The topological polar surface area (TPSA) is 59.8 Å². The van der Waals surface area contributed by atoms with Crippen LogP contribution in [0.25, 0.3) is 5.69 Å². The van der Waals surface area contributed by atoms with E-state index in [0.717, 1.165) is 35.1 Å². The van der Waals surface area contributed by atoms with E-state index in [2.05, 4.69) is 51.3 Å². The summed E-state index contributed by atoms with van der Waals surface area (Å²) in [4.78, 5) is 12.6. The Morgan fingerprint density at radius 1 is 1.14 bits per heavy atom. The van der Waals surface area contributed by atoms with Crippen molar-refractivity contribution < 1.29 is 4.79 Å². The zero-order valence-corrected chi connectivity index (χ0v) is 16.9. The van der Waals surface area contributed by atoms with Gasteiger partial charge in [0.15, 0.2) is 5.16 Å². The van der Waals surface area contributed by atoms with Gasteiger partial charge in [0.1, 0.15) is 5.82 Å². The minimum absolute atomic E-state index is 0.00107. The molecule has 0 spiro atoms. The van der Waals surface area contributed by atoms with Crippen LogP contribution in [0.5, 0.6) is 0 Å². The fourth-order valence-corrected chi connectivity index (χ4v) is 3.93. The molecule has 0 radical (unpaired) electrons. The highest BCUT2D eigenvalue weighted by molar-refractivity contribution is 8.00. The van der Waals surface area contributed by atoms with Gasteiger partial charge in [0.05, 0.1) is 5.25 Å². The summed E-state index contributed by atoms with van der Waals surface area (Å²) < 4.78 is 2.10. The number of carbonyl (C=O) groups is 1. The molecule has 28 heavy (non-hydrogen) atoms. The van der Waals surface area contributed by atoms with Gasteiger partial charge in [-0.05, 0) is 44.4 Å². The van der Waals surface area contributed by atoms with E-state index in [1.54, 1.807) is 0 Å². The highest BCUT2D eigenvalue weighted by Crippen LogP contribution is 2.41. The predicted molar refractivity (Wildman–Crippen MR) is 112 cm³/mol. The molecule has 1 amide bonds. The second-order valence-electron chi connectivity index (χ2n) is 7.25. The first-order chi connectivity index (χ1) is 13.6. The normalized spacial score (nSPS) is 14.6. The van der Waals surface area contributed by atoms with Crippen LogP contribution in [-0.2, 0) is 11.3 Å². The average Bonchev–Trinajstić information content (AvgIpc) is 3.48. The lowest BCUT2D eigenvalue weighted by Gasteiger charge is -2.14. The van der Waals surface area contributed by atoms with Crippen molar-refractivity contribution in [3.8, 4) is 5.69 Å². The predicted octanol–water partition coefficient (Wildman–Crippen LogP) is 4.25. The number of hydrogen-bond acceptors (Lipinski definition) is 4. The standard InChI is InChI=1S/C22H24N4OS/c1-15-8-10-17(11-9-15)14-23-21(27)16(2)28-22-25-24-20(18-12-13-18)26(22)19-6-4-3-5-7-19/h3-11,16,18H,12-14H2,1-2H3,(H,23,27)/t16-/m1/s1. The molecule has 0 aliphatic heterocycles. The highest BCUT2D eigenvalue weighted by atomic mass is 32.2. The Balaban J connectivity index is 1.46. The molecule has 3 aromatic rings. The molecule has 5 nitrogen and oxygen atoms in total. The van der Waals surface area contributed by atoms with Crippen molar-refractivity contribution in [2.45, 2.75) is 49.6 Å². The second-order valence-corrected chi connectivity index (χ2v) is 8.56. The Morgan fingerprint density at radius 2 is 1.86 bits per heavy atom. The Kier molecular flexibility index (Phi) is 5.48. The van der Waals surface area contributed by atoms with Gasteiger partial charge in [0.25, 0.3) is 0 Å². The minimum atomic E-state index is -0.260. The number of nitrogens with zero attached hydrogens (tertiary/aromatic N) is 3. The Labute approximate surface area is 169 Å². The molecule has 0 unspecified atom stereocenters. The van der Waals surface area contributed by atoms with Crippen molar-refractivity contribution in [3.63, 3.8) is 0 Å². The van der Waals surface area contributed by atoms with Crippen LogP contribution in [0.1, 0.15) is 42.6 Å². The molecule has 1 N–H and O–H groups in total. The summed E-state index contributed by atoms with van der Waals surface area (Å²) in [6.07, 6.45) is 2.31.